The highest BCUT2D eigenvalue weighted by Gasteiger charge is 2.11. The third-order valence-electron chi connectivity index (χ3n) is 2.60. The molecule has 3 N–H and O–H groups in total. The van der Waals surface area contributed by atoms with Gasteiger partial charge in [0.2, 0.25) is 5.91 Å². The van der Waals surface area contributed by atoms with Crippen LogP contribution in [0.25, 0.3) is 0 Å². The minimum Gasteiger partial charge on any atom is -0.354 e. The molecule has 0 saturated carbocycles. The zero-order chi connectivity index (χ0) is 13.4. The first-order valence-electron chi connectivity index (χ1n) is 5.90. The summed E-state index contributed by atoms with van der Waals surface area (Å²) in [6.45, 7) is 0.632. The molecule has 0 fully saturated rings. The zero-order valence-corrected chi connectivity index (χ0v) is 14.1. The first-order valence-corrected chi connectivity index (χ1v) is 8.09. The molecule has 0 unspecified atom stereocenters. The number of hydrogen-bond acceptors (Lipinski definition) is 3. The molecule has 0 aromatic heterocycles. The fourth-order valence-corrected chi connectivity index (χ4v) is 2.24. The number of carbonyl (C=O) groups excluding carboxylic acids is 1. The van der Waals surface area contributed by atoms with E-state index in [4.69, 9.17) is 5.73 Å². The molecule has 6 heteroatoms. The predicted molar refractivity (Wildman–Crippen MR) is 89.1 cm³/mol. The molecule has 1 rings (SSSR count). The van der Waals surface area contributed by atoms with Gasteiger partial charge in [-0.1, -0.05) is 28.1 Å². The molecule has 108 valence electrons. The number of nitrogens with one attached hydrogen (secondary N) is 1. The van der Waals surface area contributed by atoms with Gasteiger partial charge in [-0.2, -0.15) is 11.8 Å². The molecule has 1 aromatic rings. The Balaban J connectivity index is 0.00000324. The summed E-state index contributed by atoms with van der Waals surface area (Å²) in [7, 11) is 0. The SMILES string of the molecule is CSCC[C@H](N)C(=O)NCCc1ccc(Br)cc1.Cl. The third-order valence-corrected chi connectivity index (χ3v) is 3.77. The normalized spacial score (nSPS) is 11.5. The van der Waals surface area contributed by atoms with E-state index in [2.05, 4.69) is 21.2 Å². The molecular weight excluding hydrogens is 348 g/mol. The third kappa shape index (κ3) is 7.82. The van der Waals surface area contributed by atoms with E-state index in [9.17, 15) is 4.79 Å². The van der Waals surface area contributed by atoms with Gasteiger partial charge in [-0.05, 0) is 42.5 Å². The average Bonchev–Trinajstić information content (AvgIpc) is 2.38. The van der Waals surface area contributed by atoms with Crippen molar-refractivity contribution in [3.63, 3.8) is 0 Å². The summed E-state index contributed by atoms with van der Waals surface area (Å²) in [4.78, 5) is 11.6. The van der Waals surface area contributed by atoms with Gasteiger partial charge in [-0.25, -0.2) is 0 Å². The maximum atomic E-state index is 11.6. The molecule has 0 bridgehead atoms. The second-order valence-corrected chi connectivity index (χ2v) is 5.96. The van der Waals surface area contributed by atoms with E-state index in [-0.39, 0.29) is 24.4 Å². The number of nitrogens with two attached hydrogens (primary N) is 1. The Bertz CT molecular complexity index is 375. The Morgan fingerprint density at radius 3 is 2.63 bits per heavy atom. The number of halogens is 2. The maximum Gasteiger partial charge on any atom is 0.236 e. The van der Waals surface area contributed by atoms with Crippen LogP contribution in [0, 0.1) is 0 Å². The molecule has 0 radical (unpaired) electrons. The van der Waals surface area contributed by atoms with E-state index in [1.54, 1.807) is 11.8 Å². The molecule has 3 nitrogen and oxygen atoms in total. The molecule has 19 heavy (non-hydrogen) atoms. The first-order chi connectivity index (χ1) is 8.63. The number of benzene rings is 1. The summed E-state index contributed by atoms with van der Waals surface area (Å²) in [5.41, 5.74) is 6.98. The van der Waals surface area contributed by atoms with Crippen LogP contribution in [0.15, 0.2) is 28.7 Å². The second-order valence-electron chi connectivity index (χ2n) is 4.06. The van der Waals surface area contributed by atoms with Gasteiger partial charge in [0, 0.05) is 11.0 Å². The quantitative estimate of drug-likeness (QED) is 0.779. The average molecular weight is 368 g/mol. The summed E-state index contributed by atoms with van der Waals surface area (Å²) in [5.74, 6) is 0.863. The number of rotatable bonds is 7. The molecule has 0 saturated heterocycles. The molecule has 1 atom stereocenters. The smallest absolute Gasteiger partial charge is 0.236 e. The molecule has 0 aliphatic rings. The lowest BCUT2D eigenvalue weighted by atomic mass is 10.1. The van der Waals surface area contributed by atoms with Gasteiger partial charge in [0.15, 0.2) is 0 Å². The van der Waals surface area contributed by atoms with E-state index in [0.29, 0.717) is 6.54 Å². The Morgan fingerprint density at radius 2 is 2.05 bits per heavy atom. The zero-order valence-electron chi connectivity index (χ0n) is 10.9. The van der Waals surface area contributed by atoms with E-state index >= 15 is 0 Å². The van der Waals surface area contributed by atoms with Crippen LogP contribution in [0.3, 0.4) is 0 Å². The van der Waals surface area contributed by atoms with Crippen LogP contribution in [-0.4, -0.2) is 30.5 Å². The van der Waals surface area contributed by atoms with Crippen molar-refractivity contribution >= 4 is 46.0 Å². The molecule has 0 heterocycles. The van der Waals surface area contributed by atoms with Crippen molar-refractivity contribution in [3.8, 4) is 0 Å². The summed E-state index contributed by atoms with van der Waals surface area (Å²) in [5, 5.41) is 2.87. The van der Waals surface area contributed by atoms with Gasteiger partial charge in [0.25, 0.3) is 0 Å². The van der Waals surface area contributed by atoms with Crippen molar-refractivity contribution in [2.75, 3.05) is 18.6 Å². The van der Waals surface area contributed by atoms with E-state index in [1.165, 1.54) is 5.56 Å². The Morgan fingerprint density at radius 1 is 1.42 bits per heavy atom. The topological polar surface area (TPSA) is 55.1 Å². The maximum absolute atomic E-state index is 11.6. The highest BCUT2D eigenvalue weighted by Crippen LogP contribution is 2.10. The highest BCUT2D eigenvalue weighted by atomic mass is 79.9. The molecular formula is C13H20BrClN2OS. The predicted octanol–water partition coefficient (Wildman–Crippen LogP) is 2.61. The van der Waals surface area contributed by atoms with Crippen LogP contribution < -0.4 is 11.1 Å². The van der Waals surface area contributed by atoms with Crippen molar-refractivity contribution < 1.29 is 4.79 Å². The monoisotopic (exact) mass is 366 g/mol. The standard InChI is InChI=1S/C13H19BrN2OS.ClH/c1-18-9-7-12(15)13(17)16-8-6-10-2-4-11(14)5-3-10;/h2-5,12H,6-9,15H2,1H3,(H,16,17);1H/t12-;/m0./s1. The second kappa shape index (κ2) is 10.5. The lowest BCUT2D eigenvalue weighted by molar-refractivity contribution is -0.122. The van der Waals surface area contributed by atoms with Crippen LogP contribution in [-0.2, 0) is 11.2 Å². The van der Waals surface area contributed by atoms with Crippen molar-refractivity contribution in [1.29, 1.82) is 0 Å². The molecule has 1 aromatic carbocycles. The molecule has 0 aliphatic heterocycles. The van der Waals surface area contributed by atoms with Crippen LogP contribution >= 0.6 is 40.1 Å². The summed E-state index contributed by atoms with van der Waals surface area (Å²) < 4.78 is 1.06. The lowest BCUT2D eigenvalue weighted by Crippen LogP contribution is -2.41. The number of hydrogen-bond donors (Lipinski definition) is 2. The van der Waals surface area contributed by atoms with Crippen LogP contribution in [0.5, 0.6) is 0 Å². The first kappa shape index (κ1) is 18.8. The Labute approximate surface area is 133 Å². The van der Waals surface area contributed by atoms with Crippen molar-refractivity contribution in [2.24, 2.45) is 5.73 Å². The van der Waals surface area contributed by atoms with E-state index in [1.807, 2.05) is 30.5 Å². The van der Waals surface area contributed by atoms with Gasteiger partial charge < -0.3 is 11.1 Å². The van der Waals surface area contributed by atoms with Crippen LogP contribution in [0.1, 0.15) is 12.0 Å². The highest BCUT2D eigenvalue weighted by molar-refractivity contribution is 9.10. The molecule has 0 spiro atoms. The Kier molecular flexibility index (Phi) is 10.4. The van der Waals surface area contributed by atoms with Crippen LogP contribution in [0.2, 0.25) is 0 Å². The van der Waals surface area contributed by atoms with E-state index < -0.39 is 0 Å². The summed E-state index contributed by atoms with van der Waals surface area (Å²) in [6, 6.07) is 7.71. The number of thioether (sulfide) groups is 1. The number of carbonyl (C=O) groups is 1. The largest absolute Gasteiger partial charge is 0.354 e. The van der Waals surface area contributed by atoms with Crippen molar-refractivity contribution in [2.45, 2.75) is 18.9 Å². The Hall–Kier alpha value is -0.230. The minimum atomic E-state index is -0.387. The molecule has 1 amide bonds. The summed E-state index contributed by atoms with van der Waals surface area (Å²) >= 11 is 5.10. The summed E-state index contributed by atoms with van der Waals surface area (Å²) in [6.07, 6.45) is 3.57. The van der Waals surface area contributed by atoms with Gasteiger partial charge in [-0.15, -0.1) is 12.4 Å². The minimum absolute atomic E-state index is 0. The van der Waals surface area contributed by atoms with E-state index in [0.717, 1.165) is 23.1 Å². The van der Waals surface area contributed by atoms with Crippen molar-refractivity contribution in [1.82, 2.24) is 5.32 Å². The van der Waals surface area contributed by atoms with Gasteiger partial charge in [-0.3, -0.25) is 4.79 Å². The van der Waals surface area contributed by atoms with Crippen molar-refractivity contribution in [3.05, 3.63) is 34.3 Å². The van der Waals surface area contributed by atoms with Crippen LogP contribution in [0.4, 0.5) is 0 Å². The fraction of sp³-hybridized carbons (Fsp3) is 0.462. The fourth-order valence-electron chi connectivity index (χ4n) is 1.49. The number of amides is 1. The van der Waals surface area contributed by atoms with Gasteiger partial charge >= 0.3 is 0 Å². The van der Waals surface area contributed by atoms with Gasteiger partial charge in [0.05, 0.1) is 6.04 Å². The molecule has 0 aliphatic carbocycles. The lowest BCUT2D eigenvalue weighted by Gasteiger charge is -2.11. The van der Waals surface area contributed by atoms with Gasteiger partial charge in [0.1, 0.15) is 0 Å².